The van der Waals surface area contributed by atoms with Crippen molar-refractivity contribution < 1.29 is 18.8 Å². The summed E-state index contributed by atoms with van der Waals surface area (Å²) in [6.07, 6.45) is 2.35. The number of furan rings is 1. The number of hydrogen-bond donors (Lipinski definition) is 2. The van der Waals surface area contributed by atoms with Crippen LogP contribution in [0.5, 0.6) is 0 Å². The molecule has 0 unspecified atom stereocenters. The number of rotatable bonds is 4. The van der Waals surface area contributed by atoms with Crippen LogP contribution in [-0.4, -0.2) is 24.3 Å². The molecule has 3 amide bonds. The van der Waals surface area contributed by atoms with Gasteiger partial charge in [-0.05, 0) is 36.2 Å². The van der Waals surface area contributed by atoms with Gasteiger partial charge in [0.1, 0.15) is 0 Å². The molecule has 1 atom stereocenters. The largest absolute Gasteiger partial charge is 0.459 e. The molecular weight excluding hydrogens is 322 g/mol. The number of benzene rings is 1. The molecule has 1 aliphatic heterocycles. The van der Waals surface area contributed by atoms with Crippen LogP contribution in [0, 0.1) is 5.92 Å². The van der Waals surface area contributed by atoms with Gasteiger partial charge in [0, 0.05) is 18.7 Å². The van der Waals surface area contributed by atoms with E-state index in [1.807, 2.05) is 31.2 Å². The fraction of sp³-hybridized carbons (Fsp3) is 0.278. The van der Waals surface area contributed by atoms with E-state index in [1.54, 1.807) is 11.0 Å². The fourth-order valence-electron chi connectivity index (χ4n) is 2.77. The van der Waals surface area contributed by atoms with Crippen molar-refractivity contribution in [2.75, 3.05) is 11.4 Å². The second-order valence-corrected chi connectivity index (χ2v) is 5.85. The van der Waals surface area contributed by atoms with Crippen LogP contribution in [0.1, 0.15) is 29.5 Å². The molecule has 0 spiro atoms. The third kappa shape index (κ3) is 3.71. The lowest BCUT2D eigenvalue weighted by molar-refractivity contribution is -0.126. The van der Waals surface area contributed by atoms with E-state index in [0.717, 1.165) is 17.7 Å². The summed E-state index contributed by atoms with van der Waals surface area (Å²) in [4.78, 5) is 37.8. The van der Waals surface area contributed by atoms with Crippen molar-refractivity contribution in [2.24, 2.45) is 5.92 Å². The van der Waals surface area contributed by atoms with Crippen molar-refractivity contribution >= 4 is 23.4 Å². The van der Waals surface area contributed by atoms with Crippen molar-refractivity contribution in [2.45, 2.75) is 19.8 Å². The quantitative estimate of drug-likeness (QED) is 0.827. The van der Waals surface area contributed by atoms with Crippen molar-refractivity contribution in [1.82, 2.24) is 10.9 Å². The second-order valence-electron chi connectivity index (χ2n) is 5.85. The van der Waals surface area contributed by atoms with Crippen LogP contribution < -0.4 is 15.8 Å². The molecule has 1 aromatic carbocycles. The molecule has 7 heteroatoms. The molecule has 7 nitrogen and oxygen atoms in total. The smallest absolute Gasteiger partial charge is 0.305 e. The Kier molecular flexibility index (Phi) is 4.83. The summed E-state index contributed by atoms with van der Waals surface area (Å²) in [5.41, 5.74) is 6.56. The molecule has 0 aliphatic carbocycles. The molecule has 2 heterocycles. The molecule has 130 valence electrons. The minimum absolute atomic E-state index is 0.0980. The molecule has 1 aromatic heterocycles. The first-order valence-corrected chi connectivity index (χ1v) is 8.11. The number of anilines is 1. The van der Waals surface area contributed by atoms with E-state index in [4.69, 9.17) is 4.42 Å². The van der Waals surface area contributed by atoms with Gasteiger partial charge in [0.05, 0.1) is 12.2 Å². The van der Waals surface area contributed by atoms with Gasteiger partial charge in [-0.15, -0.1) is 0 Å². The maximum atomic E-state index is 12.3. The summed E-state index contributed by atoms with van der Waals surface area (Å²) in [6.45, 7) is 2.33. The maximum absolute atomic E-state index is 12.3. The van der Waals surface area contributed by atoms with Gasteiger partial charge in [-0.2, -0.15) is 0 Å². The van der Waals surface area contributed by atoms with Crippen LogP contribution in [0.15, 0.2) is 47.1 Å². The SMILES string of the molecule is CCc1cccc(N2C[C@H](C(=O)NNC(=O)c3ccco3)CC2=O)c1. The summed E-state index contributed by atoms with van der Waals surface area (Å²) in [7, 11) is 0. The zero-order valence-corrected chi connectivity index (χ0v) is 13.8. The summed E-state index contributed by atoms with van der Waals surface area (Å²) in [5, 5.41) is 0. The number of nitrogens with one attached hydrogen (secondary N) is 2. The predicted molar refractivity (Wildman–Crippen MR) is 90.6 cm³/mol. The molecule has 1 saturated heterocycles. The number of aryl methyl sites for hydroxylation is 1. The van der Waals surface area contributed by atoms with E-state index in [-0.39, 0.29) is 24.6 Å². The Bertz CT molecular complexity index is 785. The first-order valence-electron chi connectivity index (χ1n) is 8.11. The molecule has 0 bridgehead atoms. The summed E-state index contributed by atoms with van der Waals surface area (Å²) in [5.74, 6) is -1.47. The monoisotopic (exact) mass is 341 g/mol. The van der Waals surface area contributed by atoms with Crippen LogP contribution in [0.4, 0.5) is 5.69 Å². The van der Waals surface area contributed by atoms with Gasteiger partial charge in [-0.1, -0.05) is 19.1 Å². The van der Waals surface area contributed by atoms with E-state index in [0.29, 0.717) is 0 Å². The normalized spacial score (nSPS) is 16.8. The van der Waals surface area contributed by atoms with E-state index in [9.17, 15) is 14.4 Å². The number of hydrazine groups is 1. The van der Waals surface area contributed by atoms with Crippen LogP contribution in [0.25, 0.3) is 0 Å². The van der Waals surface area contributed by atoms with Gasteiger partial charge in [-0.25, -0.2) is 0 Å². The Balaban J connectivity index is 1.59. The summed E-state index contributed by atoms with van der Waals surface area (Å²) >= 11 is 0. The van der Waals surface area contributed by atoms with Crippen molar-refractivity contribution in [3.8, 4) is 0 Å². The third-order valence-corrected chi connectivity index (χ3v) is 4.17. The molecule has 0 radical (unpaired) electrons. The number of nitrogens with zero attached hydrogens (tertiary/aromatic N) is 1. The number of carbonyl (C=O) groups is 3. The number of amides is 3. The highest BCUT2D eigenvalue weighted by Gasteiger charge is 2.35. The van der Waals surface area contributed by atoms with Gasteiger partial charge in [0.15, 0.2) is 5.76 Å². The summed E-state index contributed by atoms with van der Waals surface area (Å²) < 4.78 is 4.94. The number of hydrogen-bond acceptors (Lipinski definition) is 4. The van der Waals surface area contributed by atoms with E-state index in [2.05, 4.69) is 10.9 Å². The standard InChI is InChI=1S/C18H19N3O4/c1-2-12-5-3-6-14(9-12)21-11-13(10-16(21)22)17(23)19-20-18(24)15-7-4-8-25-15/h3-9,13H,2,10-11H2,1H3,(H,19,23)(H,20,24)/t13-/m1/s1. The lowest BCUT2D eigenvalue weighted by Crippen LogP contribution is -2.45. The topological polar surface area (TPSA) is 91.7 Å². The molecule has 25 heavy (non-hydrogen) atoms. The third-order valence-electron chi connectivity index (χ3n) is 4.17. The highest BCUT2D eigenvalue weighted by molar-refractivity contribution is 6.01. The first kappa shape index (κ1) is 16.8. The Morgan fingerprint density at radius 3 is 2.80 bits per heavy atom. The van der Waals surface area contributed by atoms with Gasteiger partial charge in [0.2, 0.25) is 11.8 Å². The highest BCUT2D eigenvalue weighted by atomic mass is 16.3. The molecule has 1 aliphatic rings. The number of carbonyl (C=O) groups excluding carboxylic acids is 3. The minimum Gasteiger partial charge on any atom is -0.459 e. The van der Waals surface area contributed by atoms with E-state index in [1.165, 1.54) is 12.3 Å². The Morgan fingerprint density at radius 2 is 2.08 bits per heavy atom. The Hall–Kier alpha value is -3.09. The van der Waals surface area contributed by atoms with Gasteiger partial charge >= 0.3 is 5.91 Å². The summed E-state index contributed by atoms with van der Waals surface area (Å²) in [6, 6.07) is 10.8. The second kappa shape index (κ2) is 7.21. The lowest BCUT2D eigenvalue weighted by Gasteiger charge is -2.17. The molecule has 3 rings (SSSR count). The van der Waals surface area contributed by atoms with Crippen molar-refractivity contribution in [1.29, 1.82) is 0 Å². The van der Waals surface area contributed by atoms with Crippen LogP contribution in [0.2, 0.25) is 0 Å². The van der Waals surface area contributed by atoms with Crippen molar-refractivity contribution in [3.05, 3.63) is 54.0 Å². The fourth-order valence-corrected chi connectivity index (χ4v) is 2.77. The molecule has 1 fully saturated rings. The molecule has 2 aromatic rings. The lowest BCUT2D eigenvalue weighted by atomic mass is 10.1. The minimum atomic E-state index is -0.546. The van der Waals surface area contributed by atoms with Gasteiger partial charge in [0.25, 0.3) is 0 Å². The average Bonchev–Trinajstić information content (AvgIpc) is 3.29. The predicted octanol–water partition coefficient (Wildman–Crippen LogP) is 1.66. The zero-order valence-electron chi connectivity index (χ0n) is 13.8. The Labute approximate surface area is 145 Å². The molecular formula is C18H19N3O4. The van der Waals surface area contributed by atoms with Gasteiger partial charge in [-0.3, -0.25) is 25.2 Å². The van der Waals surface area contributed by atoms with Gasteiger partial charge < -0.3 is 9.32 Å². The van der Waals surface area contributed by atoms with Crippen LogP contribution in [-0.2, 0) is 16.0 Å². The van der Waals surface area contributed by atoms with Crippen LogP contribution in [0.3, 0.4) is 0 Å². The highest BCUT2D eigenvalue weighted by Crippen LogP contribution is 2.26. The first-order chi connectivity index (χ1) is 12.1. The van der Waals surface area contributed by atoms with Crippen LogP contribution >= 0.6 is 0 Å². The van der Waals surface area contributed by atoms with Crippen molar-refractivity contribution in [3.63, 3.8) is 0 Å². The van der Waals surface area contributed by atoms with E-state index < -0.39 is 17.7 Å². The molecule has 0 saturated carbocycles. The zero-order chi connectivity index (χ0) is 17.8. The average molecular weight is 341 g/mol. The maximum Gasteiger partial charge on any atom is 0.305 e. The molecule has 2 N–H and O–H groups in total. The van der Waals surface area contributed by atoms with E-state index >= 15 is 0 Å². The Morgan fingerprint density at radius 1 is 1.24 bits per heavy atom.